The summed E-state index contributed by atoms with van der Waals surface area (Å²) in [7, 11) is 3.72. The van der Waals surface area contributed by atoms with Crippen molar-refractivity contribution in [1.29, 1.82) is 0 Å². The Labute approximate surface area is 134 Å². The van der Waals surface area contributed by atoms with Crippen LogP contribution in [0, 0.1) is 13.8 Å². The molecule has 0 radical (unpaired) electrons. The van der Waals surface area contributed by atoms with Crippen molar-refractivity contribution in [2.75, 3.05) is 24.3 Å². The Bertz CT molecular complexity index is 767. The molecule has 23 heavy (non-hydrogen) atoms. The molecule has 0 atom stereocenters. The average Bonchev–Trinajstić information content (AvgIpc) is 2.46. The van der Waals surface area contributed by atoms with E-state index in [0.717, 1.165) is 0 Å². The first-order chi connectivity index (χ1) is 10.9. The number of carbonyl (C=O) groups excluding carboxylic acids is 1. The van der Waals surface area contributed by atoms with Gasteiger partial charge in [-0.3, -0.25) is 9.59 Å². The molecular formula is C16H21N5O2. The molecule has 0 aromatic carbocycles. The number of amides is 1. The van der Waals surface area contributed by atoms with E-state index in [2.05, 4.69) is 20.3 Å². The number of carbonyl (C=O) groups is 1. The fourth-order valence-corrected chi connectivity index (χ4v) is 2.35. The van der Waals surface area contributed by atoms with Gasteiger partial charge in [0.1, 0.15) is 5.82 Å². The summed E-state index contributed by atoms with van der Waals surface area (Å²) in [5.41, 5.74) is 1.67. The van der Waals surface area contributed by atoms with Crippen molar-refractivity contribution in [1.82, 2.24) is 15.0 Å². The minimum absolute atomic E-state index is 0.166. The third-order valence-electron chi connectivity index (χ3n) is 3.43. The molecule has 7 heteroatoms. The van der Waals surface area contributed by atoms with E-state index < -0.39 is 0 Å². The van der Waals surface area contributed by atoms with Gasteiger partial charge < -0.3 is 15.2 Å². The molecule has 0 fully saturated rings. The molecule has 7 nitrogen and oxygen atoms in total. The van der Waals surface area contributed by atoms with Crippen LogP contribution < -0.4 is 15.8 Å². The summed E-state index contributed by atoms with van der Waals surface area (Å²) in [6, 6.07) is 3.56. The van der Waals surface area contributed by atoms with E-state index in [1.54, 1.807) is 32.2 Å². The monoisotopic (exact) mass is 315 g/mol. The molecule has 2 aromatic heterocycles. The second-order valence-electron chi connectivity index (χ2n) is 5.53. The second kappa shape index (κ2) is 7.04. The number of aromatic nitrogens is 3. The number of nitrogens with zero attached hydrogens (tertiary/aromatic N) is 3. The highest BCUT2D eigenvalue weighted by atomic mass is 16.1. The van der Waals surface area contributed by atoms with E-state index in [4.69, 9.17) is 0 Å². The number of rotatable bonds is 5. The average molecular weight is 315 g/mol. The third-order valence-corrected chi connectivity index (χ3v) is 3.43. The van der Waals surface area contributed by atoms with E-state index in [0.29, 0.717) is 35.0 Å². The Balaban J connectivity index is 2.06. The summed E-state index contributed by atoms with van der Waals surface area (Å²) < 4.78 is 0. The zero-order chi connectivity index (χ0) is 17.0. The van der Waals surface area contributed by atoms with E-state index in [-0.39, 0.29) is 17.9 Å². The summed E-state index contributed by atoms with van der Waals surface area (Å²) in [6.07, 6.45) is 2.22. The van der Waals surface area contributed by atoms with Gasteiger partial charge in [-0.05, 0) is 32.4 Å². The van der Waals surface area contributed by atoms with Gasteiger partial charge in [-0.2, -0.15) is 0 Å². The van der Waals surface area contributed by atoms with Gasteiger partial charge in [-0.25, -0.2) is 9.97 Å². The van der Waals surface area contributed by atoms with Crippen molar-refractivity contribution in [2.45, 2.75) is 26.7 Å². The minimum Gasteiger partial charge on any atom is -0.361 e. The fraction of sp³-hybridized carbons (Fsp3) is 0.375. The van der Waals surface area contributed by atoms with Crippen LogP contribution in [0.1, 0.15) is 23.5 Å². The Kier molecular flexibility index (Phi) is 5.10. The van der Waals surface area contributed by atoms with Gasteiger partial charge in [0, 0.05) is 38.0 Å². The number of aromatic amines is 1. The van der Waals surface area contributed by atoms with Crippen LogP contribution >= 0.6 is 0 Å². The molecule has 0 aliphatic heterocycles. The molecule has 2 aromatic rings. The molecule has 122 valence electrons. The van der Waals surface area contributed by atoms with Crippen LogP contribution in [0.2, 0.25) is 0 Å². The molecule has 0 aliphatic carbocycles. The first-order valence-corrected chi connectivity index (χ1v) is 7.37. The SMILES string of the molecule is Cc1nc(C)c(CCC(=O)Nc2cccnc2N(C)C)c(=O)[nH]1. The van der Waals surface area contributed by atoms with Crippen LogP contribution in [-0.2, 0) is 11.2 Å². The lowest BCUT2D eigenvalue weighted by atomic mass is 10.1. The highest BCUT2D eigenvalue weighted by molar-refractivity contribution is 5.93. The zero-order valence-electron chi connectivity index (χ0n) is 13.8. The number of hydrogen-bond donors (Lipinski definition) is 2. The number of H-pyrrole nitrogens is 1. The highest BCUT2D eigenvalue weighted by Gasteiger charge is 2.12. The maximum Gasteiger partial charge on any atom is 0.254 e. The molecule has 2 heterocycles. The van der Waals surface area contributed by atoms with Crippen molar-refractivity contribution < 1.29 is 4.79 Å². The number of anilines is 2. The van der Waals surface area contributed by atoms with E-state index >= 15 is 0 Å². The second-order valence-corrected chi connectivity index (χ2v) is 5.53. The lowest BCUT2D eigenvalue weighted by Crippen LogP contribution is -2.21. The Hall–Kier alpha value is -2.70. The van der Waals surface area contributed by atoms with Crippen LogP contribution in [0.4, 0.5) is 11.5 Å². The molecule has 2 rings (SSSR count). The van der Waals surface area contributed by atoms with Gasteiger partial charge in [0.05, 0.1) is 5.69 Å². The molecule has 2 N–H and O–H groups in total. The number of nitrogens with one attached hydrogen (secondary N) is 2. The number of hydrogen-bond acceptors (Lipinski definition) is 5. The first kappa shape index (κ1) is 16.7. The summed E-state index contributed by atoms with van der Waals surface area (Å²) in [4.78, 5) is 37.0. The number of pyridine rings is 1. The number of aryl methyl sites for hydroxylation is 2. The van der Waals surface area contributed by atoms with Gasteiger partial charge in [0.2, 0.25) is 5.91 Å². The van der Waals surface area contributed by atoms with Gasteiger partial charge >= 0.3 is 0 Å². The van der Waals surface area contributed by atoms with E-state index in [9.17, 15) is 9.59 Å². The third kappa shape index (κ3) is 4.15. The van der Waals surface area contributed by atoms with Gasteiger partial charge in [-0.15, -0.1) is 0 Å². The van der Waals surface area contributed by atoms with E-state index in [1.165, 1.54) is 0 Å². The summed E-state index contributed by atoms with van der Waals surface area (Å²) in [5, 5.41) is 2.84. The molecule has 0 aliphatic rings. The summed E-state index contributed by atoms with van der Waals surface area (Å²) in [6.45, 7) is 3.51. The smallest absolute Gasteiger partial charge is 0.254 e. The van der Waals surface area contributed by atoms with Crippen LogP contribution in [0.5, 0.6) is 0 Å². The molecule has 1 amide bonds. The largest absolute Gasteiger partial charge is 0.361 e. The van der Waals surface area contributed by atoms with Crippen LogP contribution in [0.15, 0.2) is 23.1 Å². The Morgan fingerprint density at radius 3 is 2.74 bits per heavy atom. The van der Waals surface area contributed by atoms with E-state index in [1.807, 2.05) is 19.0 Å². The first-order valence-electron chi connectivity index (χ1n) is 7.37. The molecule has 0 saturated heterocycles. The fourth-order valence-electron chi connectivity index (χ4n) is 2.35. The Morgan fingerprint density at radius 1 is 1.35 bits per heavy atom. The predicted octanol–water partition coefficient (Wildman–Crippen LogP) is 1.42. The van der Waals surface area contributed by atoms with Crippen LogP contribution in [0.25, 0.3) is 0 Å². The molecule has 0 unspecified atom stereocenters. The minimum atomic E-state index is -0.182. The van der Waals surface area contributed by atoms with Gasteiger partial charge in [-0.1, -0.05) is 0 Å². The maximum absolute atomic E-state index is 12.2. The van der Waals surface area contributed by atoms with Gasteiger partial charge in [0.15, 0.2) is 5.82 Å². The van der Waals surface area contributed by atoms with Crippen molar-refractivity contribution in [3.63, 3.8) is 0 Å². The molecular weight excluding hydrogens is 294 g/mol. The lowest BCUT2D eigenvalue weighted by molar-refractivity contribution is -0.116. The van der Waals surface area contributed by atoms with Crippen molar-refractivity contribution in [2.24, 2.45) is 0 Å². The van der Waals surface area contributed by atoms with Crippen LogP contribution in [0.3, 0.4) is 0 Å². The zero-order valence-corrected chi connectivity index (χ0v) is 13.8. The van der Waals surface area contributed by atoms with Crippen molar-refractivity contribution >= 4 is 17.4 Å². The van der Waals surface area contributed by atoms with Crippen molar-refractivity contribution in [3.8, 4) is 0 Å². The normalized spacial score (nSPS) is 10.4. The van der Waals surface area contributed by atoms with Crippen LogP contribution in [-0.4, -0.2) is 35.0 Å². The standard InChI is InChI=1S/C16H21N5O2/c1-10-12(16(23)19-11(2)18-10)7-8-14(22)20-13-6-5-9-17-15(13)21(3)4/h5-6,9H,7-8H2,1-4H3,(H,20,22)(H,18,19,23). The highest BCUT2D eigenvalue weighted by Crippen LogP contribution is 2.20. The topological polar surface area (TPSA) is 91.0 Å². The molecule has 0 bridgehead atoms. The maximum atomic E-state index is 12.2. The summed E-state index contributed by atoms with van der Waals surface area (Å²) in [5.74, 6) is 1.10. The summed E-state index contributed by atoms with van der Waals surface area (Å²) >= 11 is 0. The van der Waals surface area contributed by atoms with Gasteiger partial charge in [0.25, 0.3) is 5.56 Å². The quantitative estimate of drug-likeness (QED) is 0.871. The molecule has 0 saturated carbocycles. The lowest BCUT2D eigenvalue weighted by Gasteiger charge is -2.16. The van der Waals surface area contributed by atoms with Crippen molar-refractivity contribution in [3.05, 3.63) is 45.8 Å². The predicted molar refractivity (Wildman–Crippen MR) is 89.8 cm³/mol. The Morgan fingerprint density at radius 2 is 2.09 bits per heavy atom. The molecule has 0 spiro atoms.